The molecule has 0 fully saturated rings. The maximum atomic E-state index is 13.8. The summed E-state index contributed by atoms with van der Waals surface area (Å²) in [5.41, 5.74) is 12.2. The van der Waals surface area contributed by atoms with Crippen LogP contribution in [0, 0.1) is 5.82 Å². The standard InChI is InChI=1S/C16H17FN2O2/c17-15-9-12(16(19)20)3-4-13(15)10-21-14-5-1-11(2-6-14)7-8-18/h1-6,9H,7-8,10,18H2,(H2,19,20). The summed E-state index contributed by atoms with van der Waals surface area (Å²) in [7, 11) is 0. The SMILES string of the molecule is NCCc1ccc(OCc2ccc(C(N)=O)cc2F)cc1. The van der Waals surface area contributed by atoms with Crippen molar-refractivity contribution in [2.75, 3.05) is 6.54 Å². The van der Waals surface area contributed by atoms with Crippen LogP contribution in [0.3, 0.4) is 0 Å². The molecule has 0 aliphatic rings. The van der Waals surface area contributed by atoms with Crippen molar-refractivity contribution in [1.29, 1.82) is 0 Å². The first-order chi connectivity index (χ1) is 10.1. The van der Waals surface area contributed by atoms with Crippen LogP contribution in [0.1, 0.15) is 21.5 Å². The Kier molecular flexibility index (Phi) is 4.90. The molecule has 0 heterocycles. The fraction of sp³-hybridized carbons (Fsp3) is 0.188. The van der Waals surface area contributed by atoms with Crippen LogP contribution in [0.15, 0.2) is 42.5 Å². The summed E-state index contributed by atoms with van der Waals surface area (Å²) in [6.45, 7) is 0.679. The normalized spacial score (nSPS) is 10.4. The zero-order chi connectivity index (χ0) is 15.2. The van der Waals surface area contributed by atoms with Gasteiger partial charge in [-0.1, -0.05) is 18.2 Å². The maximum absolute atomic E-state index is 13.8. The molecule has 0 saturated heterocycles. The lowest BCUT2D eigenvalue weighted by Gasteiger charge is -2.08. The van der Waals surface area contributed by atoms with Gasteiger partial charge in [-0.15, -0.1) is 0 Å². The number of amides is 1. The van der Waals surface area contributed by atoms with Gasteiger partial charge in [-0.2, -0.15) is 0 Å². The molecular weight excluding hydrogens is 271 g/mol. The monoisotopic (exact) mass is 288 g/mol. The Labute approximate surface area is 122 Å². The Balaban J connectivity index is 2.01. The highest BCUT2D eigenvalue weighted by Gasteiger charge is 2.07. The molecule has 4 nitrogen and oxygen atoms in total. The second kappa shape index (κ2) is 6.85. The molecule has 0 bridgehead atoms. The molecule has 0 aliphatic heterocycles. The van der Waals surface area contributed by atoms with E-state index in [0.717, 1.165) is 18.1 Å². The van der Waals surface area contributed by atoms with Crippen LogP contribution < -0.4 is 16.2 Å². The molecule has 0 aliphatic carbocycles. The van der Waals surface area contributed by atoms with Gasteiger partial charge in [-0.25, -0.2) is 4.39 Å². The second-order valence-electron chi connectivity index (χ2n) is 4.64. The third-order valence-corrected chi connectivity index (χ3v) is 3.09. The maximum Gasteiger partial charge on any atom is 0.248 e. The molecule has 21 heavy (non-hydrogen) atoms. The van der Waals surface area contributed by atoms with Crippen LogP contribution in [0.5, 0.6) is 5.75 Å². The van der Waals surface area contributed by atoms with Crippen LogP contribution in [-0.2, 0) is 13.0 Å². The van der Waals surface area contributed by atoms with Crippen molar-refractivity contribution in [3.63, 3.8) is 0 Å². The van der Waals surface area contributed by atoms with Crippen molar-refractivity contribution in [1.82, 2.24) is 0 Å². The summed E-state index contributed by atoms with van der Waals surface area (Å²) in [6.07, 6.45) is 0.809. The van der Waals surface area contributed by atoms with Gasteiger partial charge in [0.1, 0.15) is 18.2 Å². The number of primary amides is 1. The highest BCUT2D eigenvalue weighted by molar-refractivity contribution is 5.92. The molecule has 2 rings (SSSR count). The third kappa shape index (κ3) is 4.03. The summed E-state index contributed by atoms with van der Waals surface area (Å²) < 4.78 is 19.3. The summed E-state index contributed by atoms with van der Waals surface area (Å²) >= 11 is 0. The number of ether oxygens (including phenoxy) is 1. The molecule has 2 aromatic carbocycles. The molecule has 4 N–H and O–H groups in total. The number of halogens is 1. The van der Waals surface area contributed by atoms with Crippen molar-refractivity contribution in [3.8, 4) is 5.75 Å². The molecule has 1 amide bonds. The van der Waals surface area contributed by atoms with Crippen molar-refractivity contribution >= 4 is 5.91 Å². The third-order valence-electron chi connectivity index (χ3n) is 3.09. The fourth-order valence-corrected chi connectivity index (χ4v) is 1.90. The first kappa shape index (κ1) is 15.0. The van der Waals surface area contributed by atoms with Gasteiger partial charge in [-0.05, 0) is 42.8 Å². The molecule has 110 valence electrons. The molecule has 0 aromatic heterocycles. The largest absolute Gasteiger partial charge is 0.489 e. The van der Waals surface area contributed by atoms with Crippen molar-refractivity contribution < 1.29 is 13.9 Å². The van der Waals surface area contributed by atoms with E-state index in [-0.39, 0.29) is 12.2 Å². The summed E-state index contributed by atoms with van der Waals surface area (Å²) in [6, 6.07) is 11.6. The Morgan fingerprint density at radius 2 is 1.86 bits per heavy atom. The van der Waals surface area contributed by atoms with Gasteiger partial charge in [0, 0.05) is 11.1 Å². The minimum atomic E-state index is -0.656. The molecular formula is C16H17FN2O2. The lowest BCUT2D eigenvalue weighted by atomic mass is 10.1. The van der Waals surface area contributed by atoms with E-state index in [9.17, 15) is 9.18 Å². The summed E-state index contributed by atoms with van der Waals surface area (Å²) in [4.78, 5) is 10.9. The number of benzene rings is 2. The number of rotatable bonds is 6. The lowest BCUT2D eigenvalue weighted by Crippen LogP contribution is -2.11. The zero-order valence-corrected chi connectivity index (χ0v) is 11.5. The lowest BCUT2D eigenvalue weighted by molar-refractivity contribution is 0.0999. The number of nitrogens with two attached hydrogens (primary N) is 2. The predicted molar refractivity (Wildman–Crippen MR) is 78.5 cm³/mol. The quantitative estimate of drug-likeness (QED) is 0.853. The van der Waals surface area contributed by atoms with Crippen molar-refractivity contribution in [2.45, 2.75) is 13.0 Å². The van der Waals surface area contributed by atoms with Gasteiger partial charge in [-0.3, -0.25) is 4.79 Å². The van der Waals surface area contributed by atoms with Crippen LogP contribution in [0.4, 0.5) is 4.39 Å². The molecule has 0 spiro atoms. The molecule has 0 atom stereocenters. The molecule has 5 heteroatoms. The van der Waals surface area contributed by atoms with Crippen LogP contribution in [-0.4, -0.2) is 12.5 Å². The fourth-order valence-electron chi connectivity index (χ4n) is 1.90. The van der Waals surface area contributed by atoms with Crippen LogP contribution >= 0.6 is 0 Å². The molecule has 0 radical (unpaired) electrons. The number of hydrogen-bond acceptors (Lipinski definition) is 3. The Hall–Kier alpha value is -2.40. The van der Waals surface area contributed by atoms with Crippen LogP contribution in [0.25, 0.3) is 0 Å². The highest BCUT2D eigenvalue weighted by atomic mass is 19.1. The Morgan fingerprint density at radius 3 is 2.43 bits per heavy atom. The summed E-state index contributed by atoms with van der Waals surface area (Å²) in [5.74, 6) is -0.517. The molecule has 0 saturated carbocycles. The first-order valence-corrected chi connectivity index (χ1v) is 6.60. The van der Waals surface area contributed by atoms with E-state index in [0.29, 0.717) is 17.9 Å². The van der Waals surface area contributed by atoms with Gasteiger partial charge in [0.25, 0.3) is 0 Å². The van der Waals surface area contributed by atoms with E-state index in [2.05, 4.69) is 0 Å². The topological polar surface area (TPSA) is 78.3 Å². The number of carbonyl (C=O) groups excluding carboxylic acids is 1. The average Bonchev–Trinajstić information content (AvgIpc) is 2.47. The van der Waals surface area contributed by atoms with E-state index in [4.69, 9.17) is 16.2 Å². The van der Waals surface area contributed by atoms with Crippen LogP contribution in [0.2, 0.25) is 0 Å². The van der Waals surface area contributed by atoms with E-state index in [1.165, 1.54) is 12.1 Å². The smallest absolute Gasteiger partial charge is 0.248 e. The predicted octanol–water partition coefficient (Wildman–Crippen LogP) is 2.00. The second-order valence-corrected chi connectivity index (χ2v) is 4.64. The van der Waals surface area contributed by atoms with Gasteiger partial charge in [0.15, 0.2) is 0 Å². The minimum absolute atomic E-state index is 0.0844. The first-order valence-electron chi connectivity index (χ1n) is 6.60. The molecule has 2 aromatic rings. The molecule has 0 unspecified atom stereocenters. The summed E-state index contributed by atoms with van der Waals surface area (Å²) in [5, 5.41) is 0. The van der Waals surface area contributed by atoms with Gasteiger partial charge in [0.05, 0.1) is 0 Å². The number of hydrogen-bond donors (Lipinski definition) is 2. The van der Waals surface area contributed by atoms with Gasteiger partial charge in [0.2, 0.25) is 5.91 Å². The Bertz CT molecular complexity index is 627. The van der Waals surface area contributed by atoms with E-state index in [1.54, 1.807) is 0 Å². The zero-order valence-electron chi connectivity index (χ0n) is 11.5. The van der Waals surface area contributed by atoms with Crippen molar-refractivity contribution in [2.24, 2.45) is 11.5 Å². The minimum Gasteiger partial charge on any atom is -0.489 e. The Morgan fingerprint density at radius 1 is 1.14 bits per heavy atom. The van der Waals surface area contributed by atoms with E-state index >= 15 is 0 Å². The number of carbonyl (C=O) groups is 1. The van der Waals surface area contributed by atoms with Gasteiger partial charge < -0.3 is 16.2 Å². The van der Waals surface area contributed by atoms with Crippen molar-refractivity contribution in [3.05, 3.63) is 65.0 Å². The van der Waals surface area contributed by atoms with Gasteiger partial charge >= 0.3 is 0 Å². The van der Waals surface area contributed by atoms with E-state index < -0.39 is 11.7 Å². The van der Waals surface area contributed by atoms with E-state index in [1.807, 2.05) is 24.3 Å². The highest BCUT2D eigenvalue weighted by Crippen LogP contribution is 2.16. The average molecular weight is 288 g/mol.